The monoisotopic (exact) mass is 345 g/mol. The fraction of sp³-hybridized carbons (Fsp3) is 0.882. The molecule has 134 valence electrons. The van der Waals surface area contributed by atoms with Gasteiger partial charge in [-0.15, -0.1) is 0 Å². The topological polar surface area (TPSA) is 75.6 Å². The molecule has 0 aromatic carbocycles. The normalized spacial score (nSPS) is 18.0. The van der Waals surface area contributed by atoms with Crippen molar-refractivity contribution >= 4 is 23.5 Å². The molecule has 23 heavy (non-hydrogen) atoms. The predicted molar refractivity (Wildman–Crippen MR) is 94.1 cm³/mol. The van der Waals surface area contributed by atoms with E-state index in [1.807, 2.05) is 0 Å². The lowest BCUT2D eigenvalue weighted by atomic mass is 10.0. The quantitative estimate of drug-likeness (QED) is 0.472. The molecule has 1 heterocycles. The zero-order chi connectivity index (χ0) is 16.8. The summed E-state index contributed by atoms with van der Waals surface area (Å²) >= 11 is 1.50. The number of Topliss-reactive ketones (excluding diaryl/α,β-unsaturated/α-hetero) is 1. The Morgan fingerprint density at radius 3 is 2.30 bits per heavy atom. The number of aliphatic carboxylic acids is 1. The van der Waals surface area contributed by atoms with E-state index in [1.54, 1.807) is 0 Å². The molecular formula is C17H31NO4S. The third-order valence-corrected chi connectivity index (χ3v) is 5.00. The third kappa shape index (κ3) is 11.6. The van der Waals surface area contributed by atoms with E-state index < -0.39 is 5.97 Å². The Labute approximate surface area is 143 Å². The van der Waals surface area contributed by atoms with E-state index in [2.05, 4.69) is 5.32 Å². The van der Waals surface area contributed by atoms with Crippen molar-refractivity contribution in [2.45, 2.75) is 63.9 Å². The highest BCUT2D eigenvalue weighted by atomic mass is 32.2. The first-order valence-corrected chi connectivity index (χ1v) is 10.00. The van der Waals surface area contributed by atoms with Crippen LogP contribution in [0.2, 0.25) is 0 Å². The highest BCUT2D eigenvalue weighted by Crippen LogP contribution is 2.13. The van der Waals surface area contributed by atoms with E-state index in [9.17, 15) is 9.59 Å². The lowest BCUT2D eigenvalue weighted by Gasteiger charge is -2.22. The fourth-order valence-corrected chi connectivity index (χ4v) is 3.38. The number of ether oxygens (including phenoxy) is 1. The maximum Gasteiger partial charge on any atom is 0.313 e. The summed E-state index contributed by atoms with van der Waals surface area (Å²) in [6.07, 6.45) is 9.74. The highest BCUT2D eigenvalue weighted by Gasteiger charge is 2.20. The van der Waals surface area contributed by atoms with Crippen molar-refractivity contribution in [1.82, 2.24) is 5.32 Å². The van der Waals surface area contributed by atoms with Gasteiger partial charge in [0.1, 0.15) is 6.10 Å². The summed E-state index contributed by atoms with van der Waals surface area (Å²) in [4.78, 5) is 22.2. The number of nitrogens with one attached hydrogen (secondary N) is 1. The summed E-state index contributed by atoms with van der Waals surface area (Å²) in [5.41, 5.74) is 0. The molecule has 0 aromatic heterocycles. The van der Waals surface area contributed by atoms with E-state index >= 15 is 0 Å². The Hall–Kier alpha value is -0.590. The Kier molecular flexibility index (Phi) is 12.3. The number of hydrogen-bond acceptors (Lipinski definition) is 5. The van der Waals surface area contributed by atoms with E-state index in [1.165, 1.54) is 43.9 Å². The van der Waals surface area contributed by atoms with Gasteiger partial charge in [-0.3, -0.25) is 9.59 Å². The van der Waals surface area contributed by atoms with Crippen molar-refractivity contribution in [1.29, 1.82) is 0 Å². The number of thioether (sulfide) groups is 1. The van der Waals surface area contributed by atoms with Crippen molar-refractivity contribution in [2.75, 3.05) is 31.2 Å². The van der Waals surface area contributed by atoms with Crippen molar-refractivity contribution < 1.29 is 19.4 Å². The minimum absolute atomic E-state index is 0.220. The van der Waals surface area contributed by atoms with E-state index in [4.69, 9.17) is 9.84 Å². The first kappa shape index (κ1) is 20.5. The van der Waals surface area contributed by atoms with Crippen LogP contribution in [-0.4, -0.2) is 54.2 Å². The second-order valence-corrected chi connectivity index (χ2v) is 7.16. The van der Waals surface area contributed by atoms with Gasteiger partial charge in [0, 0.05) is 19.5 Å². The van der Waals surface area contributed by atoms with Gasteiger partial charge in [-0.25, -0.2) is 0 Å². The van der Waals surface area contributed by atoms with Gasteiger partial charge in [-0.2, -0.15) is 11.8 Å². The van der Waals surface area contributed by atoms with Gasteiger partial charge in [-0.05, 0) is 18.6 Å². The maximum absolute atomic E-state index is 11.9. The molecule has 0 spiro atoms. The van der Waals surface area contributed by atoms with E-state index in [0.717, 1.165) is 31.6 Å². The second kappa shape index (κ2) is 13.8. The summed E-state index contributed by atoms with van der Waals surface area (Å²) in [5.74, 6) is 0.698. The molecule has 1 atom stereocenters. The van der Waals surface area contributed by atoms with Crippen LogP contribution in [0.4, 0.5) is 0 Å². The van der Waals surface area contributed by atoms with Gasteiger partial charge >= 0.3 is 5.97 Å². The molecule has 2 N–H and O–H groups in total. The minimum Gasteiger partial charge on any atom is -0.481 e. The number of morpholine rings is 1. The van der Waals surface area contributed by atoms with Gasteiger partial charge in [0.15, 0.2) is 5.78 Å². The molecule has 6 heteroatoms. The molecule has 0 radical (unpaired) electrons. The Bertz CT molecular complexity index is 333. The van der Waals surface area contributed by atoms with Crippen LogP contribution in [0, 0.1) is 0 Å². The molecule has 0 saturated carbocycles. The molecule has 1 fully saturated rings. The van der Waals surface area contributed by atoms with Crippen LogP contribution in [-0.2, 0) is 14.3 Å². The zero-order valence-corrected chi connectivity index (χ0v) is 14.9. The van der Waals surface area contributed by atoms with Crippen LogP contribution in [0.15, 0.2) is 0 Å². The van der Waals surface area contributed by atoms with Gasteiger partial charge in [0.25, 0.3) is 0 Å². The number of rotatable bonds is 14. The number of hydrogen-bond donors (Lipinski definition) is 2. The molecule has 1 unspecified atom stereocenters. The number of carboxylic acids is 1. The van der Waals surface area contributed by atoms with Gasteiger partial charge in [0.05, 0.1) is 12.4 Å². The van der Waals surface area contributed by atoms with Gasteiger partial charge < -0.3 is 15.2 Å². The molecule has 0 aliphatic carbocycles. The van der Waals surface area contributed by atoms with Gasteiger partial charge in [-0.1, -0.05) is 38.5 Å². The second-order valence-electron chi connectivity index (χ2n) is 6.05. The molecule has 0 bridgehead atoms. The number of carbonyl (C=O) groups is 2. The third-order valence-electron chi connectivity index (χ3n) is 3.97. The molecular weight excluding hydrogens is 314 g/mol. The molecule has 1 saturated heterocycles. The fourth-order valence-electron chi connectivity index (χ4n) is 2.66. The molecule has 5 nitrogen and oxygen atoms in total. The van der Waals surface area contributed by atoms with E-state index in [0.29, 0.717) is 19.6 Å². The molecule has 1 aliphatic rings. The average Bonchev–Trinajstić information content (AvgIpc) is 2.56. The van der Waals surface area contributed by atoms with Crippen LogP contribution in [0.5, 0.6) is 0 Å². The molecule has 1 aliphatic heterocycles. The van der Waals surface area contributed by atoms with Crippen LogP contribution in [0.3, 0.4) is 0 Å². The van der Waals surface area contributed by atoms with Crippen LogP contribution in [0.1, 0.15) is 57.8 Å². The largest absolute Gasteiger partial charge is 0.481 e. The van der Waals surface area contributed by atoms with Crippen LogP contribution < -0.4 is 5.32 Å². The van der Waals surface area contributed by atoms with Crippen molar-refractivity contribution in [2.24, 2.45) is 0 Å². The maximum atomic E-state index is 11.9. The van der Waals surface area contributed by atoms with Crippen molar-refractivity contribution in [3.8, 4) is 0 Å². The van der Waals surface area contributed by atoms with Crippen molar-refractivity contribution in [3.63, 3.8) is 0 Å². The smallest absolute Gasteiger partial charge is 0.313 e. The van der Waals surface area contributed by atoms with Crippen LogP contribution in [0.25, 0.3) is 0 Å². The summed E-state index contributed by atoms with van der Waals surface area (Å²) < 4.78 is 5.46. The summed E-state index contributed by atoms with van der Waals surface area (Å²) in [6, 6.07) is 0. The predicted octanol–water partition coefficient (Wildman–Crippen LogP) is 2.87. The Morgan fingerprint density at radius 1 is 1.04 bits per heavy atom. The number of ketones is 1. The summed E-state index contributed by atoms with van der Waals surface area (Å²) in [7, 11) is 0. The SMILES string of the molecule is O=C(O)CSCCCCCCCCCCC(=O)C1CNCCO1. The molecule has 1 rings (SSSR count). The van der Waals surface area contributed by atoms with Crippen LogP contribution >= 0.6 is 11.8 Å². The summed E-state index contributed by atoms with van der Waals surface area (Å²) in [5, 5.41) is 11.7. The zero-order valence-electron chi connectivity index (χ0n) is 14.1. The first-order valence-electron chi connectivity index (χ1n) is 8.84. The average molecular weight is 346 g/mol. The van der Waals surface area contributed by atoms with Crippen molar-refractivity contribution in [3.05, 3.63) is 0 Å². The minimum atomic E-state index is -0.722. The Balaban J connectivity index is 1.79. The molecule has 0 aromatic rings. The van der Waals surface area contributed by atoms with Gasteiger partial charge in [0.2, 0.25) is 0 Å². The Morgan fingerprint density at radius 2 is 1.70 bits per heavy atom. The summed E-state index contributed by atoms with van der Waals surface area (Å²) in [6.45, 7) is 2.16. The number of unbranched alkanes of at least 4 members (excludes halogenated alkanes) is 7. The lowest BCUT2D eigenvalue weighted by molar-refractivity contribution is -0.134. The lowest BCUT2D eigenvalue weighted by Crippen LogP contribution is -2.43. The highest BCUT2D eigenvalue weighted by molar-refractivity contribution is 7.99. The first-order chi connectivity index (χ1) is 11.2. The molecule has 0 amide bonds. The number of carbonyl (C=O) groups excluding carboxylic acids is 1. The van der Waals surface area contributed by atoms with E-state index in [-0.39, 0.29) is 17.6 Å². The number of carboxylic acid groups (broad SMARTS) is 1. The standard InChI is InChI=1S/C17H31NO4S/c19-15(16-13-18-10-11-22-16)9-7-5-3-1-2-4-6-8-12-23-14-17(20)21/h16,18H,1-14H2,(H,20,21).